The number of hydrogen-bond donors (Lipinski definition) is 2. The first-order chi connectivity index (χ1) is 12.9. The molecule has 2 atom stereocenters. The molecule has 8 nitrogen and oxygen atoms in total. The summed E-state index contributed by atoms with van der Waals surface area (Å²) in [6, 6.07) is 4.55. The summed E-state index contributed by atoms with van der Waals surface area (Å²) in [5, 5.41) is 6.28. The number of nitrogens with one attached hydrogen (secondary N) is 2. The minimum absolute atomic E-state index is 0.00867. The number of piperidine rings is 1. The number of carbonyl (C=O) groups is 1. The van der Waals surface area contributed by atoms with Gasteiger partial charge in [-0.2, -0.15) is 4.31 Å². The molecule has 150 valence electrons. The predicted molar refractivity (Wildman–Crippen MR) is 100 cm³/mol. The normalized spacial score (nSPS) is 24.4. The van der Waals surface area contributed by atoms with Gasteiger partial charge in [-0.1, -0.05) is 6.92 Å². The van der Waals surface area contributed by atoms with E-state index in [9.17, 15) is 13.2 Å². The van der Waals surface area contributed by atoms with Crippen molar-refractivity contribution in [1.29, 1.82) is 0 Å². The lowest BCUT2D eigenvalue weighted by atomic mass is 9.94. The van der Waals surface area contributed by atoms with Crippen LogP contribution in [0, 0.1) is 5.92 Å². The number of amides is 1. The highest BCUT2D eigenvalue weighted by Crippen LogP contribution is 2.28. The Morgan fingerprint density at radius 1 is 1.33 bits per heavy atom. The van der Waals surface area contributed by atoms with Crippen molar-refractivity contribution in [3.05, 3.63) is 23.8 Å². The van der Waals surface area contributed by atoms with Crippen LogP contribution in [0.1, 0.15) is 23.7 Å². The third kappa shape index (κ3) is 4.43. The maximum Gasteiger partial charge on any atom is 0.251 e. The van der Waals surface area contributed by atoms with Gasteiger partial charge in [-0.15, -0.1) is 0 Å². The summed E-state index contributed by atoms with van der Waals surface area (Å²) >= 11 is 0. The summed E-state index contributed by atoms with van der Waals surface area (Å²) in [5.74, 6) is 0.312. The Hall–Kier alpha value is -1.68. The largest absolute Gasteiger partial charge is 0.495 e. The molecule has 0 aliphatic carbocycles. The molecule has 2 unspecified atom stereocenters. The average molecular weight is 397 g/mol. The van der Waals surface area contributed by atoms with Gasteiger partial charge in [0.15, 0.2) is 0 Å². The van der Waals surface area contributed by atoms with E-state index < -0.39 is 10.0 Å². The molecule has 2 heterocycles. The third-order valence-corrected chi connectivity index (χ3v) is 7.08. The van der Waals surface area contributed by atoms with Gasteiger partial charge in [0.2, 0.25) is 10.0 Å². The summed E-state index contributed by atoms with van der Waals surface area (Å²) in [5.41, 5.74) is 0.306. The molecular weight excluding hydrogens is 370 g/mol. The van der Waals surface area contributed by atoms with E-state index in [4.69, 9.17) is 9.47 Å². The maximum atomic E-state index is 13.0. The van der Waals surface area contributed by atoms with E-state index in [2.05, 4.69) is 17.6 Å². The van der Waals surface area contributed by atoms with Crippen LogP contribution in [0.3, 0.4) is 0 Å². The number of benzene rings is 1. The van der Waals surface area contributed by atoms with Crippen molar-refractivity contribution >= 4 is 15.9 Å². The van der Waals surface area contributed by atoms with Crippen LogP contribution in [-0.4, -0.2) is 71.2 Å². The molecule has 9 heteroatoms. The van der Waals surface area contributed by atoms with Crippen LogP contribution in [0.2, 0.25) is 0 Å². The molecule has 2 fully saturated rings. The summed E-state index contributed by atoms with van der Waals surface area (Å²) < 4.78 is 37.9. The highest BCUT2D eigenvalue weighted by atomic mass is 32.2. The Balaban J connectivity index is 1.85. The number of sulfonamides is 1. The molecule has 0 saturated carbocycles. The quantitative estimate of drug-likeness (QED) is 0.749. The standard InChI is InChI=1S/C18H27N3O5S/c1-13-5-6-19-12-15(13)20-18(22)14-3-4-16(25-2)17(11-14)27(23,24)21-7-9-26-10-8-21/h3-4,11,13,15,19H,5-10,12H2,1-2H3,(H,20,22). The Labute approximate surface area is 160 Å². The zero-order chi connectivity index (χ0) is 19.4. The molecule has 2 saturated heterocycles. The molecular formula is C18H27N3O5S. The maximum absolute atomic E-state index is 13.0. The van der Waals surface area contributed by atoms with Crippen molar-refractivity contribution in [2.24, 2.45) is 5.92 Å². The molecule has 0 radical (unpaired) electrons. The van der Waals surface area contributed by atoms with Crippen molar-refractivity contribution in [1.82, 2.24) is 14.9 Å². The van der Waals surface area contributed by atoms with Crippen LogP contribution in [0.5, 0.6) is 5.75 Å². The second-order valence-corrected chi connectivity index (χ2v) is 8.84. The molecule has 1 amide bonds. The Bertz CT molecular complexity index is 777. The van der Waals surface area contributed by atoms with Crippen LogP contribution in [0.25, 0.3) is 0 Å². The Morgan fingerprint density at radius 2 is 2.07 bits per heavy atom. The van der Waals surface area contributed by atoms with Gasteiger partial charge in [0.1, 0.15) is 10.6 Å². The van der Waals surface area contributed by atoms with E-state index >= 15 is 0 Å². The van der Waals surface area contributed by atoms with Gasteiger partial charge in [-0.05, 0) is 37.1 Å². The van der Waals surface area contributed by atoms with Crippen LogP contribution in [0.15, 0.2) is 23.1 Å². The smallest absolute Gasteiger partial charge is 0.251 e. The Morgan fingerprint density at radius 3 is 2.74 bits per heavy atom. The molecule has 2 N–H and O–H groups in total. The second-order valence-electron chi connectivity index (χ2n) is 6.93. The number of nitrogens with zero attached hydrogens (tertiary/aromatic N) is 1. The first-order valence-electron chi connectivity index (χ1n) is 9.21. The van der Waals surface area contributed by atoms with Crippen molar-refractivity contribution in [2.45, 2.75) is 24.3 Å². The minimum atomic E-state index is -3.77. The van der Waals surface area contributed by atoms with Gasteiger partial charge >= 0.3 is 0 Å². The van der Waals surface area contributed by atoms with E-state index in [1.165, 1.54) is 23.5 Å². The van der Waals surface area contributed by atoms with Crippen molar-refractivity contribution in [3.63, 3.8) is 0 Å². The Kier molecular flexibility index (Phi) is 6.36. The van der Waals surface area contributed by atoms with Gasteiger partial charge < -0.3 is 20.1 Å². The molecule has 1 aromatic rings. The molecule has 2 aliphatic rings. The van der Waals surface area contributed by atoms with E-state index in [1.54, 1.807) is 6.07 Å². The number of hydrogen-bond acceptors (Lipinski definition) is 6. The topological polar surface area (TPSA) is 97.0 Å². The summed E-state index contributed by atoms with van der Waals surface area (Å²) in [4.78, 5) is 12.7. The van der Waals surface area contributed by atoms with Crippen LogP contribution >= 0.6 is 0 Å². The zero-order valence-electron chi connectivity index (χ0n) is 15.7. The molecule has 0 aromatic heterocycles. The molecule has 1 aromatic carbocycles. The molecule has 27 heavy (non-hydrogen) atoms. The first kappa shape index (κ1) is 20.1. The van der Waals surface area contributed by atoms with Crippen LogP contribution in [0.4, 0.5) is 0 Å². The fourth-order valence-electron chi connectivity index (χ4n) is 3.38. The van der Waals surface area contributed by atoms with Gasteiger partial charge in [0.05, 0.1) is 20.3 Å². The predicted octanol–water partition coefficient (Wildman–Crippen LogP) is 0.444. The lowest BCUT2D eigenvalue weighted by Crippen LogP contribution is -2.50. The average Bonchev–Trinajstić information content (AvgIpc) is 2.69. The SMILES string of the molecule is COc1ccc(C(=O)NC2CNCCC2C)cc1S(=O)(=O)N1CCOCC1. The van der Waals surface area contributed by atoms with Crippen LogP contribution in [-0.2, 0) is 14.8 Å². The fourth-order valence-corrected chi connectivity index (χ4v) is 4.97. The van der Waals surface area contributed by atoms with Crippen molar-refractivity contribution in [2.75, 3.05) is 46.5 Å². The highest BCUT2D eigenvalue weighted by molar-refractivity contribution is 7.89. The summed E-state index contributed by atoms with van der Waals surface area (Å²) in [6.07, 6.45) is 0.990. The van der Waals surface area contributed by atoms with Gasteiger partial charge in [0.25, 0.3) is 5.91 Å². The number of carbonyl (C=O) groups excluding carboxylic acids is 1. The molecule has 0 spiro atoms. The van der Waals surface area contributed by atoms with E-state index in [1.807, 2.05) is 0 Å². The molecule has 0 bridgehead atoms. The van der Waals surface area contributed by atoms with E-state index in [0.717, 1.165) is 13.0 Å². The van der Waals surface area contributed by atoms with Gasteiger partial charge in [-0.25, -0.2) is 8.42 Å². The lowest BCUT2D eigenvalue weighted by Gasteiger charge is -2.30. The zero-order valence-corrected chi connectivity index (χ0v) is 16.5. The van der Waals surface area contributed by atoms with Gasteiger partial charge in [-0.3, -0.25) is 4.79 Å². The van der Waals surface area contributed by atoms with Crippen molar-refractivity contribution in [3.8, 4) is 5.75 Å². The first-order valence-corrected chi connectivity index (χ1v) is 10.6. The third-order valence-electron chi connectivity index (χ3n) is 5.16. The molecule has 2 aliphatic heterocycles. The number of methoxy groups -OCH3 is 1. The van der Waals surface area contributed by atoms with E-state index in [0.29, 0.717) is 31.2 Å². The lowest BCUT2D eigenvalue weighted by molar-refractivity contribution is 0.0729. The number of ether oxygens (including phenoxy) is 2. The second kappa shape index (κ2) is 8.55. The van der Waals surface area contributed by atoms with Crippen LogP contribution < -0.4 is 15.4 Å². The molecule has 3 rings (SSSR count). The number of morpholine rings is 1. The summed E-state index contributed by atoms with van der Waals surface area (Å²) in [6.45, 7) is 5.04. The monoisotopic (exact) mass is 397 g/mol. The summed E-state index contributed by atoms with van der Waals surface area (Å²) in [7, 11) is -2.35. The fraction of sp³-hybridized carbons (Fsp3) is 0.611. The minimum Gasteiger partial charge on any atom is -0.495 e. The van der Waals surface area contributed by atoms with Gasteiger partial charge in [0, 0.05) is 31.2 Å². The van der Waals surface area contributed by atoms with E-state index in [-0.39, 0.29) is 35.7 Å². The number of rotatable bonds is 5. The highest BCUT2D eigenvalue weighted by Gasteiger charge is 2.30. The van der Waals surface area contributed by atoms with Crippen molar-refractivity contribution < 1.29 is 22.7 Å².